The van der Waals surface area contributed by atoms with E-state index in [0.717, 1.165) is 31.6 Å². The van der Waals surface area contributed by atoms with Gasteiger partial charge in [-0.15, -0.1) is 13.2 Å². The van der Waals surface area contributed by atoms with E-state index in [4.69, 9.17) is 21.7 Å². The van der Waals surface area contributed by atoms with Crippen molar-refractivity contribution in [3.63, 3.8) is 0 Å². The summed E-state index contributed by atoms with van der Waals surface area (Å²) >= 11 is 5.80. The Labute approximate surface area is 220 Å². The van der Waals surface area contributed by atoms with E-state index < -0.39 is 23.9 Å². The molecule has 0 bridgehead atoms. The Hall–Kier alpha value is -4.32. The van der Waals surface area contributed by atoms with Gasteiger partial charge in [-0.05, 0) is 36.8 Å². The minimum absolute atomic E-state index is 0.0676. The fraction of sp³-hybridized carbons (Fsp3) is 0.200. The number of hydrogen-bond acceptors (Lipinski definition) is 6. The van der Waals surface area contributed by atoms with E-state index in [-0.39, 0.29) is 28.4 Å². The van der Waals surface area contributed by atoms with Crippen molar-refractivity contribution in [3.8, 4) is 11.5 Å². The molecule has 1 aromatic heterocycles. The number of ether oxygens (including phenoxy) is 2. The molecule has 0 atom stereocenters. The molecule has 1 aliphatic heterocycles. The Morgan fingerprint density at radius 2 is 1.71 bits per heavy atom. The highest BCUT2D eigenvalue weighted by Crippen LogP contribution is 2.36. The van der Waals surface area contributed by atoms with Crippen LogP contribution in [-0.2, 0) is 0 Å². The van der Waals surface area contributed by atoms with E-state index >= 15 is 0 Å². The highest BCUT2D eigenvalue weighted by molar-refractivity contribution is 6.30. The topological polar surface area (TPSA) is 117 Å². The van der Waals surface area contributed by atoms with Crippen LogP contribution in [0.3, 0.4) is 0 Å². The van der Waals surface area contributed by atoms with E-state index in [2.05, 4.69) is 20.4 Å². The summed E-state index contributed by atoms with van der Waals surface area (Å²) in [4.78, 5) is 32.0. The fourth-order valence-electron chi connectivity index (χ4n) is 3.57. The monoisotopic (exact) mass is 547 g/mol. The maximum absolute atomic E-state index is 13.1. The van der Waals surface area contributed by atoms with Crippen LogP contribution in [0, 0.1) is 5.41 Å². The zero-order valence-corrected chi connectivity index (χ0v) is 20.6. The molecule has 3 aromatic rings. The summed E-state index contributed by atoms with van der Waals surface area (Å²) < 4.78 is 47.9. The largest absolute Gasteiger partial charge is 0.573 e. The van der Waals surface area contributed by atoms with Crippen LogP contribution < -0.4 is 20.1 Å². The van der Waals surface area contributed by atoms with Gasteiger partial charge in [0.15, 0.2) is 0 Å². The molecular formula is C25H21ClF3N5O4. The van der Waals surface area contributed by atoms with Gasteiger partial charge in [-0.2, -0.15) is 0 Å². The number of rotatable bonds is 7. The summed E-state index contributed by atoms with van der Waals surface area (Å²) in [6.45, 7) is 1.59. The summed E-state index contributed by atoms with van der Waals surface area (Å²) in [5, 5.41) is 13.5. The molecule has 0 radical (unpaired) electrons. The number of likely N-dealkylation sites (tertiary alicyclic amines) is 1. The lowest BCUT2D eigenvalue weighted by molar-refractivity contribution is -0.274. The molecule has 3 N–H and O–H groups in total. The quantitative estimate of drug-likeness (QED) is 0.277. The number of hydrogen-bond donors (Lipinski definition) is 3. The van der Waals surface area contributed by atoms with E-state index in [1.807, 2.05) is 4.90 Å². The second-order valence-electron chi connectivity index (χ2n) is 8.13. The Balaban J connectivity index is 1.64. The normalized spacial score (nSPS) is 12.8. The van der Waals surface area contributed by atoms with Crippen LogP contribution in [0.5, 0.6) is 11.5 Å². The van der Waals surface area contributed by atoms with Crippen molar-refractivity contribution in [1.29, 1.82) is 5.41 Å². The summed E-state index contributed by atoms with van der Waals surface area (Å²) in [6, 6.07) is 10.8. The highest BCUT2D eigenvalue weighted by atomic mass is 35.5. The maximum Gasteiger partial charge on any atom is 0.573 e. The predicted octanol–water partition coefficient (Wildman–Crippen LogP) is 5.18. The van der Waals surface area contributed by atoms with Gasteiger partial charge in [0, 0.05) is 36.5 Å². The van der Waals surface area contributed by atoms with Crippen LogP contribution in [0.1, 0.15) is 32.7 Å². The van der Waals surface area contributed by atoms with Gasteiger partial charge in [0.2, 0.25) is 0 Å². The maximum atomic E-state index is 13.1. The molecule has 1 saturated heterocycles. The summed E-state index contributed by atoms with van der Waals surface area (Å²) in [6.07, 6.45) is -2.75. The number of carbonyl (C=O) groups is 2. The molecule has 0 spiro atoms. The molecule has 198 valence electrons. The van der Waals surface area contributed by atoms with Crippen LogP contribution in [0.25, 0.3) is 0 Å². The first-order valence-corrected chi connectivity index (χ1v) is 11.6. The van der Waals surface area contributed by atoms with Gasteiger partial charge in [-0.1, -0.05) is 23.7 Å². The van der Waals surface area contributed by atoms with E-state index in [0.29, 0.717) is 16.4 Å². The third kappa shape index (κ3) is 6.32. The lowest BCUT2D eigenvalue weighted by Gasteiger charge is -2.33. The molecule has 0 unspecified atom stereocenters. The van der Waals surface area contributed by atoms with Gasteiger partial charge in [-0.25, -0.2) is 4.98 Å². The minimum Gasteiger partial charge on any atom is -0.494 e. The van der Waals surface area contributed by atoms with Crippen molar-refractivity contribution < 1.29 is 32.2 Å². The number of methoxy groups -OCH3 is 1. The first-order valence-electron chi connectivity index (χ1n) is 11.2. The van der Waals surface area contributed by atoms with E-state index in [9.17, 15) is 22.8 Å². The number of alkyl halides is 3. The Kier molecular flexibility index (Phi) is 7.72. The fourth-order valence-corrected chi connectivity index (χ4v) is 3.68. The summed E-state index contributed by atoms with van der Waals surface area (Å²) in [5.74, 6) is -2.10. The zero-order chi connectivity index (χ0) is 27.4. The van der Waals surface area contributed by atoms with Crippen molar-refractivity contribution in [2.24, 2.45) is 0 Å². The number of nitrogens with one attached hydrogen (secondary N) is 3. The Morgan fingerprint density at radius 3 is 2.26 bits per heavy atom. The first-order chi connectivity index (χ1) is 18.0. The van der Waals surface area contributed by atoms with Gasteiger partial charge >= 0.3 is 6.36 Å². The number of nitrogens with zero attached hydrogens (tertiary/aromatic N) is 2. The van der Waals surface area contributed by atoms with Gasteiger partial charge in [0.1, 0.15) is 23.2 Å². The lowest BCUT2D eigenvalue weighted by Crippen LogP contribution is -2.42. The molecular weight excluding hydrogens is 527 g/mol. The van der Waals surface area contributed by atoms with Gasteiger partial charge in [0.25, 0.3) is 11.8 Å². The minimum atomic E-state index is -5.03. The van der Waals surface area contributed by atoms with Crippen LogP contribution in [-0.4, -0.2) is 54.1 Å². The molecule has 2 heterocycles. The number of amides is 2. The molecule has 4 rings (SSSR count). The van der Waals surface area contributed by atoms with Gasteiger partial charge in [0.05, 0.1) is 23.4 Å². The molecule has 38 heavy (non-hydrogen) atoms. The molecule has 13 heteroatoms. The standard InChI is InChI=1S/C25H21ClF3N5O4/c1-37-19-12-17(38-25(27,28)29)11-18(24(36)32-20-8-7-16(26)13-31-20)21(19)33-23(35)15-5-3-14(4-6-15)22(30)34-9-2-10-34/h3-8,11-13,30H,2,9-10H2,1H3,(H,33,35)(H,31,32,36). The van der Waals surface area contributed by atoms with Gasteiger partial charge < -0.3 is 25.0 Å². The second kappa shape index (κ2) is 11.0. The van der Waals surface area contributed by atoms with Crippen LogP contribution >= 0.6 is 11.6 Å². The summed E-state index contributed by atoms with van der Waals surface area (Å²) in [5.41, 5.74) is 0.261. The highest BCUT2D eigenvalue weighted by Gasteiger charge is 2.33. The molecule has 0 aliphatic carbocycles. The van der Waals surface area contributed by atoms with Crippen molar-refractivity contribution >= 4 is 40.8 Å². The molecule has 9 nitrogen and oxygen atoms in total. The molecule has 1 fully saturated rings. The summed E-state index contributed by atoms with van der Waals surface area (Å²) in [7, 11) is 1.17. The average molecular weight is 548 g/mol. The SMILES string of the molecule is COc1cc(OC(F)(F)F)cc(C(=O)Nc2ccc(Cl)cn2)c1NC(=O)c1ccc(C(=N)N2CCC2)cc1. The number of pyridine rings is 1. The Morgan fingerprint density at radius 1 is 1.03 bits per heavy atom. The van der Waals surface area contributed by atoms with E-state index in [1.165, 1.54) is 37.6 Å². The molecule has 1 aliphatic rings. The number of benzene rings is 2. The number of amidine groups is 1. The predicted molar refractivity (Wildman–Crippen MR) is 134 cm³/mol. The van der Waals surface area contributed by atoms with Crippen molar-refractivity contribution in [2.75, 3.05) is 30.8 Å². The Bertz CT molecular complexity index is 1360. The number of carbonyl (C=O) groups excluding carboxylic acids is 2. The van der Waals surface area contributed by atoms with Crippen LogP contribution in [0.4, 0.5) is 24.7 Å². The molecule has 2 amide bonds. The van der Waals surface area contributed by atoms with Crippen LogP contribution in [0.2, 0.25) is 5.02 Å². The molecule has 0 saturated carbocycles. The lowest BCUT2D eigenvalue weighted by atomic mass is 10.1. The first kappa shape index (κ1) is 26.7. The van der Waals surface area contributed by atoms with Crippen molar-refractivity contribution in [2.45, 2.75) is 12.8 Å². The number of anilines is 2. The number of halogens is 4. The average Bonchev–Trinajstić information content (AvgIpc) is 2.84. The van der Waals surface area contributed by atoms with Crippen LogP contribution in [0.15, 0.2) is 54.7 Å². The van der Waals surface area contributed by atoms with E-state index in [1.54, 1.807) is 12.1 Å². The van der Waals surface area contributed by atoms with Crippen molar-refractivity contribution in [3.05, 3.63) is 76.4 Å². The zero-order valence-electron chi connectivity index (χ0n) is 19.9. The second-order valence-corrected chi connectivity index (χ2v) is 8.57. The third-order valence-electron chi connectivity index (χ3n) is 5.57. The van der Waals surface area contributed by atoms with Gasteiger partial charge in [-0.3, -0.25) is 15.0 Å². The van der Waals surface area contributed by atoms with Crippen molar-refractivity contribution in [1.82, 2.24) is 9.88 Å². The molecule has 2 aromatic carbocycles. The smallest absolute Gasteiger partial charge is 0.494 e. The third-order valence-corrected chi connectivity index (χ3v) is 5.80. The number of aromatic nitrogens is 1.